The fourth-order valence-electron chi connectivity index (χ4n) is 1.93. The maximum absolute atomic E-state index is 10.4. The Bertz CT molecular complexity index is 554. The molecule has 94 valence electrons. The quantitative estimate of drug-likeness (QED) is 0.914. The van der Waals surface area contributed by atoms with Gasteiger partial charge in [0, 0.05) is 11.2 Å². The molecule has 0 bridgehead atoms. The van der Waals surface area contributed by atoms with Crippen LogP contribution in [0.2, 0.25) is 5.02 Å². The number of aliphatic hydroxyl groups is 1. The molecule has 0 radical (unpaired) electrons. The molecule has 1 aromatic carbocycles. The minimum atomic E-state index is -0.723. The third-order valence-corrected chi connectivity index (χ3v) is 3.48. The second-order valence-corrected chi connectivity index (χ2v) is 4.72. The molecule has 0 spiro atoms. The van der Waals surface area contributed by atoms with E-state index in [1.54, 1.807) is 12.3 Å². The van der Waals surface area contributed by atoms with Crippen LogP contribution in [0.15, 0.2) is 36.5 Å². The Morgan fingerprint density at radius 1 is 1.33 bits per heavy atom. The maximum atomic E-state index is 10.4. The molecule has 1 unspecified atom stereocenters. The number of hydrogen-bond donors (Lipinski definition) is 1. The number of benzene rings is 1. The van der Waals surface area contributed by atoms with E-state index in [2.05, 4.69) is 11.9 Å². The second-order valence-electron chi connectivity index (χ2n) is 4.31. The van der Waals surface area contributed by atoms with E-state index >= 15 is 0 Å². The Morgan fingerprint density at radius 2 is 2.11 bits per heavy atom. The van der Waals surface area contributed by atoms with Gasteiger partial charge in [0.15, 0.2) is 0 Å². The highest BCUT2D eigenvalue weighted by atomic mass is 35.5. The van der Waals surface area contributed by atoms with Crippen molar-refractivity contribution in [3.8, 4) is 0 Å². The molecule has 0 fully saturated rings. The van der Waals surface area contributed by atoms with E-state index in [1.807, 2.05) is 31.2 Å². The van der Waals surface area contributed by atoms with Crippen molar-refractivity contribution in [2.75, 3.05) is 0 Å². The first-order valence-electron chi connectivity index (χ1n) is 6.01. The Hall–Kier alpha value is -1.38. The summed E-state index contributed by atoms with van der Waals surface area (Å²) in [5.41, 5.74) is 3.55. The predicted molar refractivity (Wildman–Crippen MR) is 73.9 cm³/mol. The molecule has 0 aliphatic carbocycles. The average molecular weight is 262 g/mol. The van der Waals surface area contributed by atoms with Crippen LogP contribution in [-0.2, 0) is 6.42 Å². The maximum Gasteiger partial charge on any atom is 0.121 e. The van der Waals surface area contributed by atoms with Crippen LogP contribution in [0, 0.1) is 6.92 Å². The normalized spacial score (nSPS) is 12.4. The molecule has 0 amide bonds. The third kappa shape index (κ3) is 2.55. The van der Waals surface area contributed by atoms with E-state index in [0.29, 0.717) is 10.7 Å². The Balaban J connectivity index is 2.41. The van der Waals surface area contributed by atoms with Crippen LogP contribution in [-0.4, -0.2) is 10.1 Å². The summed E-state index contributed by atoms with van der Waals surface area (Å²) < 4.78 is 0. The van der Waals surface area contributed by atoms with E-state index in [-0.39, 0.29) is 0 Å². The van der Waals surface area contributed by atoms with E-state index < -0.39 is 6.10 Å². The molecular formula is C15H16ClNO. The molecule has 1 atom stereocenters. The van der Waals surface area contributed by atoms with E-state index in [9.17, 15) is 5.11 Å². The van der Waals surface area contributed by atoms with Gasteiger partial charge in [-0.3, -0.25) is 4.98 Å². The summed E-state index contributed by atoms with van der Waals surface area (Å²) in [4.78, 5) is 4.28. The number of rotatable bonds is 3. The van der Waals surface area contributed by atoms with E-state index in [4.69, 9.17) is 11.6 Å². The highest BCUT2D eigenvalue weighted by Crippen LogP contribution is 2.27. The van der Waals surface area contributed by atoms with Gasteiger partial charge in [-0.2, -0.15) is 0 Å². The predicted octanol–water partition coefficient (Wildman–Crippen LogP) is 3.69. The second kappa shape index (κ2) is 5.51. The summed E-state index contributed by atoms with van der Waals surface area (Å²) in [6.45, 7) is 3.99. The van der Waals surface area contributed by atoms with Crippen LogP contribution >= 0.6 is 11.6 Å². The van der Waals surface area contributed by atoms with Gasteiger partial charge in [0.2, 0.25) is 0 Å². The molecule has 0 aliphatic heterocycles. The van der Waals surface area contributed by atoms with Crippen molar-refractivity contribution in [1.82, 2.24) is 4.98 Å². The van der Waals surface area contributed by atoms with Crippen molar-refractivity contribution in [2.45, 2.75) is 26.4 Å². The van der Waals surface area contributed by atoms with Gasteiger partial charge >= 0.3 is 0 Å². The number of aromatic nitrogens is 1. The number of pyridine rings is 1. The van der Waals surface area contributed by atoms with E-state index in [0.717, 1.165) is 23.1 Å². The van der Waals surface area contributed by atoms with E-state index in [1.165, 1.54) is 0 Å². The number of nitrogens with zero attached hydrogens (tertiary/aromatic N) is 1. The third-order valence-electron chi connectivity index (χ3n) is 3.08. The summed E-state index contributed by atoms with van der Waals surface area (Å²) in [6, 6.07) is 9.48. The summed E-state index contributed by atoms with van der Waals surface area (Å²) in [5, 5.41) is 11.1. The summed E-state index contributed by atoms with van der Waals surface area (Å²) >= 11 is 6.09. The van der Waals surface area contributed by atoms with Gasteiger partial charge in [0.25, 0.3) is 0 Å². The average Bonchev–Trinajstić information content (AvgIpc) is 2.41. The largest absolute Gasteiger partial charge is 0.382 e. The Kier molecular flexibility index (Phi) is 4.00. The first-order valence-corrected chi connectivity index (χ1v) is 6.39. The van der Waals surface area contributed by atoms with Gasteiger partial charge in [-0.15, -0.1) is 0 Å². The SMILES string of the molecule is CCc1cccnc1C(O)c1ccc(C)c(Cl)c1. The number of halogens is 1. The lowest BCUT2D eigenvalue weighted by Gasteiger charge is -2.14. The Morgan fingerprint density at radius 3 is 2.78 bits per heavy atom. The van der Waals surface area contributed by atoms with Crippen molar-refractivity contribution in [1.29, 1.82) is 0 Å². The summed E-state index contributed by atoms with van der Waals surface area (Å²) in [5.74, 6) is 0. The van der Waals surface area contributed by atoms with Crippen LogP contribution in [0.5, 0.6) is 0 Å². The number of hydrogen-bond acceptors (Lipinski definition) is 2. The van der Waals surface area contributed by atoms with Crippen molar-refractivity contribution in [2.24, 2.45) is 0 Å². The highest BCUT2D eigenvalue weighted by Gasteiger charge is 2.15. The lowest BCUT2D eigenvalue weighted by molar-refractivity contribution is 0.214. The molecule has 2 aromatic rings. The van der Waals surface area contributed by atoms with Gasteiger partial charge in [-0.05, 0) is 42.2 Å². The van der Waals surface area contributed by atoms with Gasteiger partial charge < -0.3 is 5.11 Å². The molecule has 0 aliphatic rings. The summed E-state index contributed by atoms with van der Waals surface area (Å²) in [7, 11) is 0. The van der Waals surface area contributed by atoms with Crippen LogP contribution in [0.1, 0.15) is 35.4 Å². The molecule has 1 heterocycles. The topological polar surface area (TPSA) is 33.1 Å². The van der Waals surface area contributed by atoms with Crippen molar-refractivity contribution >= 4 is 11.6 Å². The Labute approximate surface area is 112 Å². The lowest BCUT2D eigenvalue weighted by Crippen LogP contribution is -2.06. The molecule has 0 saturated heterocycles. The van der Waals surface area contributed by atoms with Crippen LogP contribution in [0.25, 0.3) is 0 Å². The first kappa shape index (κ1) is 13.1. The summed E-state index contributed by atoms with van der Waals surface area (Å²) in [6.07, 6.45) is 1.83. The zero-order valence-electron chi connectivity index (χ0n) is 10.5. The van der Waals surface area contributed by atoms with Crippen LogP contribution < -0.4 is 0 Å². The van der Waals surface area contributed by atoms with Crippen molar-refractivity contribution < 1.29 is 5.11 Å². The molecule has 1 aromatic heterocycles. The molecule has 2 nitrogen and oxygen atoms in total. The highest BCUT2D eigenvalue weighted by molar-refractivity contribution is 6.31. The lowest BCUT2D eigenvalue weighted by atomic mass is 10.00. The standard InChI is InChI=1S/C15H16ClNO/c1-3-11-5-4-8-17-14(11)15(18)12-7-6-10(2)13(16)9-12/h4-9,15,18H,3H2,1-2H3. The zero-order chi connectivity index (χ0) is 13.1. The molecule has 18 heavy (non-hydrogen) atoms. The van der Waals surface area contributed by atoms with Crippen LogP contribution in [0.3, 0.4) is 0 Å². The van der Waals surface area contributed by atoms with Crippen LogP contribution in [0.4, 0.5) is 0 Å². The van der Waals surface area contributed by atoms with Gasteiger partial charge in [0.05, 0.1) is 5.69 Å². The molecule has 1 N–H and O–H groups in total. The molecular weight excluding hydrogens is 246 g/mol. The molecule has 3 heteroatoms. The first-order chi connectivity index (χ1) is 8.63. The molecule has 2 rings (SSSR count). The van der Waals surface area contributed by atoms with Gasteiger partial charge in [-0.25, -0.2) is 0 Å². The number of aliphatic hydroxyl groups excluding tert-OH is 1. The minimum Gasteiger partial charge on any atom is -0.382 e. The fourth-order valence-corrected chi connectivity index (χ4v) is 2.12. The van der Waals surface area contributed by atoms with Crippen molar-refractivity contribution in [3.63, 3.8) is 0 Å². The minimum absolute atomic E-state index is 0.667. The van der Waals surface area contributed by atoms with Gasteiger partial charge in [-0.1, -0.05) is 36.7 Å². The monoisotopic (exact) mass is 261 g/mol. The van der Waals surface area contributed by atoms with Gasteiger partial charge in [0.1, 0.15) is 6.10 Å². The smallest absolute Gasteiger partial charge is 0.121 e. The fraction of sp³-hybridized carbons (Fsp3) is 0.267. The molecule has 0 saturated carbocycles. The van der Waals surface area contributed by atoms with Crippen molar-refractivity contribution in [3.05, 3.63) is 63.9 Å². The number of aryl methyl sites for hydroxylation is 2. The zero-order valence-corrected chi connectivity index (χ0v) is 11.3.